The van der Waals surface area contributed by atoms with Crippen molar-refractivity contribution in [3.63, 3.8) is 0 Å². The van der Waals surface area contributed by atoms with E-state index in [0.29, 0.717) is 0 Å². The maximum Gasteiger partial charge on any atom is 0.206 e. The molecular weight excluding hydrogens is 801 g/mol. The molecule has 1 atom stereocenters. The summed E-state index contributed by atoms with van der Waals surface area (Å²) in [7, 11) is -7.46. The van der Waals surface area contributed by atoms with Gasteiger partial charge in [-0.05, 0) is 157 Å². The van der Waals surface area contributed by atoms with Gasteiger partial charge >= 0.3 is 0 Å². The van der Waals surface area contributed by atoms with Gasteiger partial charge in [-0.15, -0.1) is 0 Å². The van der Waals surface area contributed by atoms with Gasteiger partial charge in [0.05, 0.1) is 19.6 Å². The Morgan fingerprint density at radius 3 is 1.12 bits per heavy atom. The van der Waals surface area contributed by atoms with Crippen molar-refractivity contribution in [2.45, 2.75) is 133 Å². The molecule has 0 aliphatic rings. The molecule has 0 saturated heterocycles. The van der Waals surface area contributed by atoms with E-state index in [9.17, 15) is 16.8 Å². The lowest BCUT2D eigenvalue weighted by molar-refractivity contribution is 0.0802. The maximum atomic E-state index is 13.7. The summed E-state index contributed by atoms with van der Waals surface area (Å²) in [5, 5.41) is 0. The van der Waals surface area contributed by atoms with Crippen molar-refractivity contribution in [1.82, 2.24) is 0 Å². The van der Waals surface area contributed by atoms with Crippen molar-refractivity contribution in [1.29, 1.82) is 0 Å². The van der Waals surface area contributed by atoms with Gasteiger partial charge in [-0.3, -0.25) is 0 Å². The molecule has 60 heavy (non-hydrogen) atoms. The van der Waals surface area contributed by atoms with Crippen molar-refractivity contribution >= 4 is 31.4 Å². The van der Waals surface area contributed by atoms with Crippen molar-refractivity contribution in [3.05, 3.63) is 162 Å². The first-order chi connectivity index (χ1) is 28.5. The third kappa shape index (κ3) is 9.31. The second kappa shape index (κ2) is 18.2. The second-order valence-corrected chi connectivity index (χ2v) is 21.5. The topological polar surface area (TPSA) is 77.5 Å². The summed E-state index contributed by atoms with van der Waals surface area (Å²) >= 11 is 1.59. The van der Waals surface area contributed by atoms with Crippen LogP contribution in [0.2, 0.25) is 0 Å². The first kappa shape index (κ1) is 44.9. The molecule has 0 heterocycles. The number of ether oxygens (including phenoxy) is 1. The fraction of sp³-hybridized carbons (Fsp3) is 0.308. The number of benzene rings is 6. The summed E-state index contributed by atoms with van der Waals surface area (Å²) in [4.78, 5) is 2.88. The largest absolute Gasteiger partial charge is 0.488 e. The van der Waals surface area contributed by atoms with Gasteiger partial charge in [-0.2, -0.15) is 0 Å². The molecule has 0 spiro atoms. The molecule has 6 aromatic rings. The Bertz CT molecular complexity index is 2570. The van der Waals surface area contributed by atoms with E-state index in [2.05, 4.69) is 104 Å². The van der Waals surface area contributed by atoms with Crippen LogP contribution >= 0.6 is 11.8 Å². The van der Waals surface area contributed by atoms with Gasteiger partial charge < -0.3 is 4.74 Å². The molecule has 8 heteroatoms. The fourth-order valence-corrected chi connectivity index (χ4v) is 10.8. The minimum absolute atomic E-state index is 0.00687. The Morgan fingerprint density at radius 1 is 0.417 bits per heavy atom. The average Bonchev–Trinajstić information content (AvgIpc) is 3.29. The summed E-state index contributed by atoms with van der Waals surface area (Å²) in [6.45, 7) is 17.5. The molecule has 0 radical (unpaired) electrons. The molecule has 0 aliphatic heterocycles. The van der Waals surface area contributed by atoms with Crippen LogP contribution in [0.1, 0.15) is 104 Å². The normalized spacial score (nSPS) is 13.5. The van der Waals surface area contributed by atoms with Gasteiger partial charge in [0, 0.05) is 15.2 Å². The van der Waals surface area contributed by atoms with Crippen LogP contribution in [-0.2, 0) is 30.5 Å². The monoisotopic (exact) mass is 858 g/mol. The van der Waals surface area contributed by atoms with Gasteiger partial charge in [0.2, 0.25) is 19.7 Å². The highest BCUT2D eigenvalue weighted by Gasteiger charge is 2.28. The lowest BCUT2D eigenvalue weighted by Crippen LogP contribution is -2.30. The highest BCUT2D eigenvalue weighted by atomic mass is 32.2. The Hall–Kier alpha value is -4.63. The summed E-state index contributed by atoms with van der Waals surface area (Å²) in [5.74, 6) is 0.895. The average molecular weight is 859 g/mol. The molecule has 1 unspecified atom stereocenters. The van der Waals surface area contributed by atoms with E-state index in [0.717, 1.165) is 64.3 Å². The molecule has 0 aromatic heterocycles. The van der Waals surface area contributed by atoms with Crippen molar-refractivity contribution in [2.75, 3.05) is 0 Å². The molecule has 0 bridgehead atoms. The predicted molar refractivity (Wildman–Crippen MR) is 247 cm³/mol. The van der Waals surface area contributed by atoms with Gasteiger partial charge in [-0.1, -0.05) is 121 Å². The number of hydrogen-bond donors (Lipinski definition) is 0. The number of rotatable bonds is 17. The molecule has 0 aliphatic carbocycles. The smallest absolute Gasteiger partial charge is 0.206 e. The summed E-state index contributed by atoms with van der Waals surface area (Å²) < 4.78 is 60.6. The zero-order valence-corrected chi connectivity index (χ0v) is 38.6. The van der Waals surface area contributed by atoms with Gasteiger partial charge in [-0.25, -0.2) is 16.8 Å². The highest BCUT2D eigenvalue weighted by molar-refractivity contribution is 7.99. The van der Waals surface area contributed by atoms with Gasteiger partial charge in [0.25, 0.3) is 0 Å². The van der Waals surface area contributed by atoms with Crippen molar-refractivity contribution in [2.24, 2.45) is 0 Å². The molecule has 0 N–H and O–H groups in total. The number of hydrogen-bond acceptors (Lipinski definition) is 6. The second-order valence-electron chi connectivity index (χ2n) is 16.4. The minimum Gasteiger partial charge on any atom is -0.488 e. The third-order valence-corrected chi connectivity index (χ3v) is 17.6. The molecule has 6 aromatic carbocycles. The molecule has 0 amide bonds. The van der Waals surface area contributed by atoms with Crippen LogP contribution in [0.25, 0.3) is 11.1 Å². The van der Waals surface area contributed by atoms with Crippen LogP contribution in [0.4, 0.5) is 0 Å². The Labute approximate surface area is 363 Å². The summed E-state index contributed by atoms with van der Waals surface area (Å²) in [6, 6.07) is 44.8. The van der Waals surface area contributed by atoms with E-state index in [-0.39, 0.29) is 36.0 Å². The SMILES string of the molecule is CCC(C)(CC)Oc1ccc(C(C)(CC)c2ccc(Sc3ccc(S(=O)(=O)c4ccc(-c5ccc(S(=O)(=O)c6ccc(C(C)(CC)CC)cc6)cc5)cc4)cc3)cc2)cc1. The van der Waals surface area contributed by atoms with Crippen LogP contribution in [0.15, 0.2) is 175 Å². The third-order valence-electron chi connectivity index (χ3n) is 13.0. The Morgan fingerprint density at radius 2 is 0.750 bits per heavy atom. The lowest BCUT2D eigenvalue weighted by atomic mass is 9.74. The standard InChI is InChI=1S/C52H58O5S3/c1-9-50(6,10-2)40-22-34-48(35-23-40)59(53,54)46-30-14-38(15-31-46)39-16-32-47(33-17-39)60(55,56)49-36-28-45(29-37-49)58-44-26-20-42(21-27-44)52(8,13-5)41-18-24-43(25-19-41)57-51(7,11-3)12-4/h14-37H,9-13H2,1-8H3. The zero-order valence-electron chi connectivity index (χ0n) is 36.2. The van der Waals surface area contributed by atoms with E-state index in [1.165, 1.54) is 11.1 Å². The Balaban J connectivity index is 1.10. The highest BCUT2D eigenvalue weighted by Crippen LogP contribution is 2.39. The number of sulfone groups is 2. The van der Waals surface area contributed by atoms with Gasteiger partial charge in [0.15, 0.2) is 0 Å². The van der Waals surface area contributed by atoms with Crippen LogP contribution in [0, 0.1) is 0 Å². The first-order valence-electron chi connectivity index (χ1n) is 21.0. The quantitative estimate of drug-likeness (QED) is 0.0909. The van der Waals surface area contributed by atoms with Gasteiger partial charge in [0.1, 0.15) is 11.4 Å². The van der Waals surface area contributed by atoms with E-state index in [1.54, 1.807) is 84.6 Å². The first-order valence-corrected chi connectivity index (χ1v) is 24.8. The predicted octanol–water partition coefficient (Wildman–Crippen LogP) is 13.9. The maximum absolute atomic E-state index is 13.7. The molecule has 314 valence electrons. The summed E-state index contributed by atoms with van der Waals surface area (Å²) in [6.07, 6.45) is 4.78. The van der Waals surface area contributed by atoms with Crippen LogP contribution < -0.4 is 4.74 Å². The van der Waals surface area contributed by atoms with Crippen molar-refractivity contribution < 1.29 is 21.6 Å². The van der Waals surface area contributed by atoms with E-state index >= 15 is 0 Å². The Kier molecular flexibility index (Phi) is 13.6. The van der Waals surface area contributed by atoms with E-state index in [1.807, 2.05) is 24.3 Å². The van der Waals surface area contributed by atoms with Crippen LogP contribution in [-0.4, -0.2) is 22.4 Å². The lowest BCUT2D eigenvalue weighted by Gasteiger charge is -2.31. The zero-order chi connectivity index (χ0) is 43.3. The van der Waals surface area contributed by atoms with E-state index < -0.39 is 19.7 Å². The molecule has 0 saturated carbocycles. The summed E-state index contributed by atoms with van der Waals surface area (Å²) in [5.41, 5.74) is 4.85. The van der Waals surface area contributed by atoms with E-state index in [4.69, 9.17) is 4.74 Å². The van der Waals surface area contributed by atoms with Crippen LogP contribution in [0.3, 0.4) is 0 Å². The molecule has 0 fully saturated rings. The van der Waals surface area contributed by atoms with Crippen molar-refractivity contribution in [3.8, 4) is 16.9 Å². The molecular formula is C52H58O5S3. The van der Waals surface area contributed by atoms with Crippen LogP contribution in [0.5, 0.6) is 5.75 Å². The molecule has 6 rings (SSSR count). The minimum atomic E-state index is -3.76. The molecule has 5 nitrogen and oxygen atoms in total. The fourth-order valence-electron chi connectivity index (χ4n) is 7.48.